The Morgan fingerprint density at radius 1 is 0.615 bits per heavy atom. The maximum atomic E-state index is 12.3. The fourth-order valence-electron chi connectivity index (χ4n) is 4.43. The van der Waals surface area contributed by atoms with Gasteiger partial charge in [0.25, 0.3) is 5.91 Å². The van der Waals surface area contributed by atoms with Crippen molar-refractivity contribution in [3.63, 3.8) is 0 Å². The Kier molecular flexibility index (Phi) is 17.0. The summed E-state index contributed by atoms with van der Waals surface area (Å²) in [5.41, 5.74) is 5.20. The molecule has 2 rings (SSSR count). The number of carbonyl (C=O) groups is 2. The average Bonchev–Trinajstić information content (AvgIpc) is 2.95. The summed E-state index contributed by atoms with van der Waals surface area (Å²) in [6.07, 6.45) is 21.1. The zero-order chi connectivity index (χ0) is 28.0. The Hall–Kier alpha value is -3.22. The molecule has 0 saturated heterocycles. The summed E-state index contributed by atoms with van der Waals surface area (Å²) < 4.78 is 5.67. The van der Waals surface area contributed by atoms with Crippen molar-refractivity contribution >= 4 is 11.9 Å². The molecule has 0 atom stereocenters. The van der Waals surface area contributed by atoms with Crippen LogP contribution in [-0.2, 0) is 0 Å². The number of nitrogens with one attached hydrogen (secondary N) is 3. The van der Waals surface area contributed by atoms with Crippen LogP contribution in [-0.4, -0.2) is 23.6 Å². The Bertz CT molecular complexity index is 916. The third kappa shape index (κ3) is 15.7. The zero-order valence-corrected chi connectivity index (χ0v) is 23.8. The van der Waals surface area contributed by atoms with Crippen LogP contribution in [0.4, 0.5) is 4.79 Å². The van der Waals surface area contributed by atoms with Gasteiger partial charge in [-0.2, -0.15) is 0 Å². The first-order valence-electron chi connectivity index (χ1n) is 15.0. The number of urea groups is 1. The van der Waals surface area contributed by atoms with E-state index in [-0.39, 0.29) is 5.75 Å². The monoisotopic (exact) mass is 539 g/mol. The number of hydrogen-bond acceptors (Lipinski definition) is 4. The van der Waals surface area contributed by atoms with E-state index in [1.807, 2.05) is 0 Å². The molecule has 0 aliphatic heterocycles. The summed E-state index contributed by atoms with van der Waals surface area (Å²) in [4.78, 5) is 24.2. The van der Waals surface area contributed by atoms with Gasteiger partial charge in [0, 0.05) is 12.1 Å². The highest BCUT2D eigenvalue weighted by atomic mass is 16.5. The lowest BCUT2D eigenvalue weighted by molar-refractivity contribution is 0.0936. The molecule has 2 aromatic carbocycles. The normalized spacial score (nSPS) is 10.7. The van der Waals surface area contributed by atoms with Crippen LogP contribution in [0.3, 0.4) is 0 Å². The minimum Gasteiger partial charge on any atom is -0.508 e. The topological polar surface area (TPSA) is 99.7 Å². The third-order valence-electron chi connectivity index (χ3n) is 6.79. The molecular formula is C32H49N3O4. The second-order valence-electron chi connectivity index (χ2n) is 10.3. The third-order valence-corrected chi connectivity index (χ3v) is 6.79. The van der Waals surface area contributed by atoms with E-state index in [1.54, 1.807) is 36.4 Å². The number of phenolic OH excluding ortho intramolecular Hbond substituents is 1. The van der Waals surface area contributed by atoms with Crippen molar-refractivity contribution in [2.75, 3.05) is 6.54 Å². The van der Waals surface area contributed by atoms with Crippen molar-refractivity contribution in [1.82, 2.24) is 16.2 Å². The van der Waals surface area contributed by atoms with Crippen molar-refractivity contribution < 1.29 is 19.4 Å². The van der Waals surface area contributed by atoms with Gasteiger partial charge in [-0.25, -0.2) is 10.2 Å². The number of ether oxygens (including phenoxy) is 1. The summed E-state index contributed by atoms with van der Waals surface area (Å²) in [6.45, 7) is 2.86. The van der Waals surface area contributed by atoms with Crippen LogP contribution in [0.25, 0.3) is 0 Å². The predicted molar refractivity (Wildman–Crippen MR) is 158 cm³/mol. The first-order chi connectivity index (χ1) is 19.1. The molecule has 0 spiro atoms. The fourth-order valence-corrected chi connectivity index (χ4v) is 4.43. The van der Waals surface area contributed by atoms with E-state index in [1.165, 1.54) is 102 Å². The van der Waals surface area contributed by atoms with Gasteiger partial charge in [-0.05, 0) is 55.0 Å². The molecule has 0 heterocycles. The molecule has 0 saturated carbocycles. The molecule has 216 valence electrons. The molecule has 0 aromatic heterocycles. The van der Waals surface area contributed by atoms with Gasteiger partial charge >= 0.3 is 6.03 Å². The molecule has 3 amide bonds. The molecule has 0 unspecified atom stereocenters. The van der Waals surface area contributed by atoms with Gasteiger partial charge in [0.2, 0.25) is 0 Å². The zero-order valence-electron chi connectivity index (χ0n) is 23.8. The van der Waals surface area contributed by atoms with Crippen molar-refractivity contribution in [2.45, 2.75) is 110 Å². The molecule has 0 radical (unpaired) electrons. The number of carbonyl (C=O) groups excluding carboxylic acids is 2. The van der Waals surface area contributed by atoms with Crippen LogP contribution in [0.2, 0.25) is 0 Å². The van der Waals surface area contributed by atoms with Crippen LogP contribution < -0.4 is 20.9 Å². The van der Waals surface area contributed by atoms with Crippen LogP contribution >= 0.6 is 0 Å². The van der Waals surface area contributed by atoms with Gasteiger partial charge in [0.1, 0.15) is 17.2 Å². The molecule has 7 heteroatoms. The molecule has 39 heavy (non-hydrogen) atoms. The highest BCUT2D eigenvalue weighted by Gasteiger charge is 2.08. The average molecular weight is 540 g/mol. The maximum absolute atomic E-state index is 12.3. The van der Waals surface area contributed by atoms with Crippen molar-refractivity contribution in [2.24, 2.45) is 0 Å². The lowest BCUT2D eigenvalue weighted by Gasteiger charge is -2.10. The van der Waals surface area contributed by atoms with Gasteiger partial charge in [0.05, 0.1) is 0 Å². The number of unbranched alkanes of at least 4 members (excludes halogenated alkanes) is 15. The number of aromatic hydroxyl groups is 1. The van der Waals surface area contributed by atoms with Gasteiger partial charge in [-0.3, -0.25) is 10.2 Å². The molecule has 0 aliphatic rings. The first-order valence-corrected chi connectivity index (χ1v) is 15.0. The van der Waals surface area contributed by atoms with Crippen LogP contribution in [0, 0.1) is 0 Å². The van der Waals surface area contributed by atoms with E-state index in [9.17, 15) is 14.7 Å². The van der Waals surface area contributed by atoms with Crippen molar-refractivity contribution in [1.29, 1.82) is 0 Å². The number of hydrogen-bond donors (Lipinski definition) is 4. The summed E-state index contributed by atoms with van der Waals surface area (Å²) in [6, 6.07) is 12.5. The van der Waals surface area contributed by atoms with Gasteiger partial charge in [0.15, 0.2) is 0 Å². The minimum absolute atomic E-state index is 0.163. The quantitative estimate of drug-likeness (QED) is 0.100. The lowest BCUT2D eigenvalue weighted by atomic mass is 10.0. The fraction of sp³-hybridized carbons (Fsp3) is 0.562. The Balaban J connectivity index is 1.40. The summed E-state index contributed by atoms with van der Waals surface area (Å²) in [5.74, 6) is 0.883. The van der Waals surface area contributed by atoms with E-state index in [0.29, 0.717) is 23.6 Å². The van der Waals surface area contributed by atoms with E-state index < -0.39 is 11.9 Å². The van der Waals surface area contributed by atoms with Crippen LogP contribution in [0.15, 0.2) is 48.5 Å². The van der Waals surface area contributed by atoms with Crippen LogP contribution in [0.1, 0.15) is 120 Å². The molecule has 0 aliphatic carbocycles. The standard InChI is InChI=1S/C32H49N3O4/c1-2-3-4-5-6-7-8-9-10-11-12-13-14-15-16-17-26-33-32(38)35-34-31(37)27-18-22-29(23-19-27)39-30-24-20-28(36)21-25-30/h18-25,36H,2-17,26H2,1H3,(H,34,37)(H2,33,35,38). The number of amides is 3. The molecule has 4 N–H and O–H groups in total. The highest BCUT2D eigenvalue weighted by Crippen LogP contribution is 2.23. The Morgan fingerprint density at radius 3 is 1.54 bits per heavy atom. The van der Waals surface area contributed by atoms with Gasteiger partial charge < -0.3 is 15.2 Å². The molecule has 0 bridgehead atoms. The minimum atomic E-state index is -0.420. The van der Waals surface area contributed by atoms with Crippen LogP contribution in [0.5, 0.6) is 17.2 Å². The first kappa shape index (κ1) is 32.0. The number of phenols is 1. The molecular weight excluding hydrogens is 490 g/mol. The smallest absolute Gasteiger partial charge is 0.333 e. The highest BCUT2D eigenvalue weighted by molar-refractivity contribution is 5.95. The largest absolute Gasteiger partial charge is 0.508 e. The summed E-state index contributed by atoms with van der Waals surface area (Å²) in [5, 5.41) is 12.1. The SMILES string of the molecule is CCCCCCCCCCCCCCCCCCNC(=O)NNC(=O)c1ccc(Oc2ccc(O)cc2)cc1. The number of hydrazine groups is 1. The van der Waals surface area contributed by atoms with E-state index >= 15 is 0 Å². The van der Waals surface area contributed by atoms with Crippen molar-refractivity contribution in [3.8, 4) is 17.2 Å². The van der Waals surface area contributed by atoms with Crippen molar-refractivity contribution in [3.05, 3.63) is 54.1 Å². The second-order valence-corrected chi connectivity index (χ2v) is 10.3. The molecule has 7 nitrogen and oxygen atoms in total. The Morgan fingerprint density at radius 2 is 1.05 bits per heavy atom. The van der Waals surface area contributed by atoms with E-state index in [2.05, 4.69) is 23.1 Å². The van der Waals surface area contributed by atoms with Gasteiger partial charge in [-0.1, -0.05) is 103 Å². The number of benzene rings is 2. The van der Waals surface area contributed by atoms with E-state index in [0.717, 1.165) is 12.8 Å². The predicted octanol–water partition coefficient (Wildman–Crippen LogP) is 8.39. The molecule has 0 fully saturated rings. The Labute approximate surface area is 235 Å². The second kappa shape index (κ2) is 20.7. The summed E-state index contributed by atoms with van der Waals surface area (Å²) >= 11 is 0. The lowest BCUT2D eigenvalue weighted by Crippen LogP contribution is -2.47. The van der Waals surface area contributed by atoms with Gasteiger partial charge in [-0.15, -0.1) is 0 Å². The number of rotatable bonds is 20. The van der Waals surface area contributed by atoms with E-state index in [4.69, 9.17) is 4.74 Å². The maximum Gasteiger partial charge on any atom is 0.333 e. The summed E-state index contributed by atoms with van der Waals surface area (Å²) in [7, 11) is 0. The molecule has 2 aromatic rings.